The van der Waals surface area contributed by atoms with Crippen molar-refractivity contribution in [1.29, 1.82) is 0 Å². The molecule has 20 heavy (non-hydrogen) atoms. The summed E-state index contributed by atoms with van der Waals surface area (Å²) in [5.74, 6) is 0.800. The van der Waals surface area contributed by atoms with E-state index in [0.29, 0.717) is 6.61 Å². The van der Waals surface area contributed by atoms with Gasteiger partial charge < -0.3 is 10.5 Å². The first-order valence-electron chi connectivity index (χ1n) is 6.26. The minimum absolute atomic E-state index is 0.0841. The van der Waals surface area contributed by atoms with Crippen LogP contribution in [-0.2, 0) is 13.7 Å². The number of ether oxygens (including phenoxy) is 1. The van der Waals surface area contributed by atoms with Crippen LogP contribution in [0.2, 0.25) is 0 Å². The monoisotopic (exact) mass is 401 g/mol. The number of halogens is 2. The third-order valence-electron chi connectivity index (χ3n) is 3.09. The Labute approximate surface area is 135 Å². The molecule has 6 heteroatoms. The van der Waals surface area contributed by atoms with Crippen LogP contribution in [0.1, 0.15) is 29.9 Å². The van der Waals surface area contributed by atoms with E-state index >= 15 is 0 Å². The quantitative estimate of drug-likeness (QED) is 0.844. The Bertz CT molecular complexity index is 623. The van der Waals surface area contributed by atoms with Crippen LogP contribution in [0.15, 0.2) is 27.1 Å². The van der Waals surface area contributed by atoms with Crippen molar-refractivity contribution in [2.75, 3.05) is 0 Å². The Balaban J connectivity index is 2.23. The highest BCUT2D eigenvalue weighted by Crippen LogP contribution is 2.29. The van der Waals surface area contributed by atoms with Gasteiger partial charge in [-0.1, -0.05) is 15.9 Å². The summed E-state index contributed by atoms with van der Waals surface area (Å²) in [6.45, 7) is 4.35. The number of aryl methyl sites for hydroxylation is 2. The number of aromatic nitrogens is 2. The zero-order valence-corrected chi connectivity index (χ0v) is 14.8. The van der Waals surface area contributed by atoms with Crippen molar-refractivity contribution in [3.63, 3.8) is 0 Å². The minimum Gasteiger partial charge on any atom is -0.487 e. The lowest BCUT2D eigenvalue weighted by Gasteiger charge is -2.14. The van der Waals surface area contributed by atoms with Gasteiger partial charge in [-0.15, -0.1) is 0 Å². The molecule has 1 aromatic carbocycles. The average molecular weight is 403 g/mol. The first-order chi connectivity index (χ1) is 9.40. The van der Waals surface area contributed by atoms with E-state index in [1.54, 1.807) is 0 Å². The van der Waals surface area contributed by atoms with Crippen molar-refractivity contribution in [3.8, 4) is 5.75 Å². The summed E-state index contributed by atoms with van der Waals surface area (Å²) >= 11 is 6.99. The number of hydrogen-bond donors (Lipinski definition) is 1. The highest BCUT2D eigenvalue weighted by atomic mass is 79.9. The van der Waals surface area contributed by atoms with Crippen molar-refractivity contribution >= 4 is 31.9 Å². The van der Waals surface area contributed by atoms with E-state index in [2.05, 4.69) is 37.0 Å². The highest BCUT2D eigenvalue weighted by Gasteiger charge is 2.13. The molecule has 2 N–H and O–H groups in total. The molecule has 0 aliphatic rings. The predicted octanol–water partition coefficient (Wildman–Crippen LogP) is 3.85. The molecule has 1 atom stereocenters. The van der Waals surface area contributed by atoms with E-state index in [9.17, 15) is 0 Å². The van der Waals surface area contributed by atoms with Gasteiger partial charge in [-0.3, -0.25) is 4.68 Å². The Morgan fingerprint density at radius 3 is 2.65 bits per heavy atom. The molecule has 0 saturated carbocycles. The zero-order valence-electron chi connectivity index (χ0n) is 11.7. The summed E-state index contributed by atoms with van der Waals surface area (Å²) in [5.41, 5.74) is 8.92. The molecule has 0 amide bonds. The molecule has 0 aliphatic heterocycles. The van der Waals surface area contributed by atoms with Crippen molar-refractivity contribution in [1.82, 2.24) is 9.78 Å². The number of nitrogens with zero attached hydrogens (tertiary/aromatic N) is 2. The molecule has 0 saturated heterocycles. The maximum atomic E-state index is 5.99. The lowest BCUT2D eigenvalue weighted by molar-refractivity contribution is 0.289. The molecule has 0 fully saturated rings. The number of hydrogen-bond acceptors (Lipinski definition) is 3. The molecular formula is C14H17Br2N3O. The van der Waals surface area contributed by atoms with Crippen LogP contribution in [0.5, 0.6) is 5.75 Å². The summed E-state index contributed by atoms with van der Waals surface area (Å²) in [4.78, 5) is 0. The zero-order chi connectivity index (χ0) is 14.9. The smallest absolute Gasteiger partial charge is 0.131 e. The summed E-state index contributed by atoms with van der Waals surface area (Å²) in [6.07, 6.45) is 0. The molecule has 0 spiro atoms. The molecule has 0 aliphatic carbocycles. The lowest BCUT2D eigenvalue weighted by atomic mass is 10.1. The van der Waals surface area contributed by atoms with Gasteiger partial charge in [0.25, 0.3) is 0 Å². The summed E-state index contributed by atoms with van der Waals surface area (Å²) in [5, 5.41) is 4.35. The second-order valence-electron chi connectivity index (χ2n) is 4.73. The molecule has 4 nitrogen and oxygen atoms in total. The fourth-order valence-corrected chi connectivity index (χ4v) is 2.82. The topological polar surface area (TPSA) is 53.1 Å². The van der Waals surface area contributed by atoms with Gasteiger partial charge in [0.2, 0.25) is 0 Å². The summed E-state index contributed by atoms with van der Waals surface area (Å²) < 4.78 is 9.73. The standard InChI is InChI=1S/C14H17Br2N3O/c1-8(17)11-6-10(15)4-5-13(11)20-7-12-14(16)9(2)18-19(12)3/h4-6,8H,7,17H2,1-3H3/t8-/m1/s1. The van der Waals surface area contributed by atoms with Gasteiger partial charge >= 0.3 is 0 Å². The number of nitrogens with two attached hydrogens (primary N) is 1. The van der Waals surface area contributed by atoms with Gasteiger partial charge in [0, 0.05) is 23.1 Å². The van der Waals surface area contributed by atoms with Crippen LogP contribution in [0.3, 0.4) is 0 Å². The largest absolute Gasteiger partial charge is 0.487 e. The average Bonchev–Trinajstić information content (AvgIpc) is 2.62. The maximum absolute atomic E-state index is 5.99. The minimum atomic E-state index is -0.0841. The molecule has 0 unspecified atom stereocenters. The second-order valence-corrected chi connectivity index (χ2v) is 6.44. The SMILES string of the molecule is Cc1nn(C)c(COc2ccc(Br)cc2[C@@H](C)N)c1Br. The lowest BCUT2D eigenvalue weighted by Crippen LogP contribution is -2.09. The van der Waals surface area contributed by atoms with Crippen molar-refractivity contribution in [3.05, 3.63) is 44.1 Å². The molecule has 0 bridgehead atoms. The van der Waals surface area contributed by atoms with Crippen LogP contribution >= 0.6 is 31.9 Å². The first-order valence-corrected chi connectivity index (χ1v) is 7.84. The van der Waals surface area contributed by atoms with Gasteiger partial charge in [0.15, 0.2) is 0 Å². The molecular weight excluding hydrogens is 386 g/mol. The third kappa shape index (κ3) is 3.24. The Hall–Kier alpha value is -0.850. The van der Waals surface area contributed by atoms with Crippen LogP contribution in [0.25, 0.3) is 0 Å². The summed E-state index contributed by atoms with van der Waals surface area (Å²) in [7, 11) is 1.91. The van der Waals surface area contributed by atoms with Crippen LogP contribution in [0.4, 0.5) is 0 Å². The fourth-order valence-electron chi connectivity index (χ4n) is 1.99. The first kappa shape index (κ1) is 15.5. The van der Waals surface area contributed by atoms with Gasteiger partial charge in [0.05, 0.1) is 15.9 Å². The summed E-state index contributed by atoms with van der Waals surface area (Å²) in [6, 6.07) is 5.79. The van der Waals surface area contributed by atoms with E-state index < -0.39 is 0 Å². The van der Waals surface area contributed by atoms with E-state index in [-0.39, 0.29) is 6.04 Å². The molecule has 2 aromatic rings. The Morgan fingerprint density at radius 1 is 1.40 bits per heavy atom. The van der Waals surface area contributed by atoms with Crippen molar-refractivity contribution in [2.45, 2.75) is 26.5 Å². The molecule has 2 rings (SSSR count). The van der Waals surface area contributed by atoms with Crippen molar-refractivity contribution in [2.24, 2.45) is 12.8 Å². The normalized spacial score (nSPS) is 12.5. The van der Waals surface area contributed by atoms with Gasteiger partial charge in [0.1, 0.15) is 12.4 Å². The number of benzene rings is 1. The van der Waals surface area contributed by atoms with Crippen LogP contribution < -0.4 is 10.5 Å². The highest BCUT2D eigenvalue weighted by molar-refractivity contribution is 9.10. The second kappa shape index (κ2) is 6.28. The van der Waals surface area contributed by atoms with E-state index in [1.165, 1.54) is 0 Å². The maximum Gasteiger partial charge on any atom is 0.131 e. The van der Waals surface area contributed by atoms with E-state index in [1.807, 2.05) is 43.8 Å². The number of rotatable bonds is 4. The Morgan fingerprint density at radius 2 is 2.10 bits per heavy atom. The fraction of sp³-hybridized carbons (Fsp3) is 0.357. The molecule has 1 aromatic heterocycles. The van der Waals surface area contributed by atoms with Crippen LogP contribution in [0, 0.1) is 6.92 Å². The molecule has 0 radical (unpaired) electrons. The van der Waals surface area contributed by atoms with Crippen LogP contribution in [-0.4, -0.2) is 9.78 Å². The third-order valence-corrected chi connectivity index (χ3v) is 4.61. The molecule has 1 heterocycles. The van der Waals surface area contributed by atoms with Gasteiger partial charge in [-0.25, -0.2) is 0 Å². The van der Waals surface area contributed by atoms with Gasteiger partial charge in [-0.2, -0.15) is 5.10 Å². The predicted molar refractivity (Wildman–Crippen MR) is 86.7 cm³/mol. The van der Waals surface area contributed by atoms with E-state index in [0.717, 1.165) is 31.6 Å². The molecule has 108 valence electrons. The Kier molecular flexibility index (Phi) is 4.88. The van der Waals surface area contributed by atoms with Gasteiger partial charge in [-0.05, 0) is 48.0 Å². The van der Waals surface area contributed by atoms with E-state index in [4.69, 9.17) is 10.5 Å². The van der Waals surface area contributed by atoms with Crippen molar-refractivity contribution < 1.29 is 4.74 Å².